The number of nitrogens with one attached hydrogen (secondary N) is 1. The van der Waals surface area contributed by atoms with E-state index in [9.17, 15) is 18.4 Å². The molecule has 0 radical (unpaired) electrons. The molecule has 0 saturated heterocycles. The molecule has 3 rings (SSSR count). The molecule has 0 aliphatic heterocycles. The number of amides is 2. The van der Waals surface area contributed by atoms with Gasteiger partial charge < -0.3 is 15.8 Å². The summed E-state index contributed by atoms with van der Waals surface area (Å²) in [4.78, 5) is 23.9. The Kier molecular flexibility index (Phi) is 5.46. The summed E-state index contributed by atoms with van der Waals surface area (Å²) in [6.45, 7) is 0.233. The van der Waals surface area contributed by atoms with Gasteiger partial charge in [-0.2, -0.15) is 0 Å². The number of carbonyl (C=O) groups is 2. The number of thiophene rings is 1. The molecule has 0 fully saturated rings. The highest BCUT2D eigenvalue weighted by Crippen LogP contribution is 2.38. The minimum atomic E-state index is -0.828. The first-order chi connectivity index (χ1) is 12.9. The Morgan fingerprint density at radius 2 is 1.81 bits per heavy atom. The number of ether oxygens (including phenoxy) is 1. The number of primary amides is 1. The Morgan fingerprint density at radius 1 is 1.07 bits per heavy atom. The smallest absolute Gasteiger partial charge is 0.398 e. The van der Waals surface area contributed by atoms with Gasteiger partial charge in [-0.1, -0.05) is 41.7 Å². The SMILES string of the molecule is NC(=O)c1cc(-c2ccc(F)cc2F)sc1OC(=O)NCc1ccccc1. The highest BCUT2D eigenvalue weighted by atomic mass is 32.1. The fourth-order valence-electron chi connectivity index (χ4n) is 2.33. The van der Waals surface area contributed by atoms with E-state index in [0.29, 0.717) is 0 Å². The molecule has 5 nitrogen and oxygen atoms in total. The topological polar surface area (TPSA) is 81.4 Å². The van der Waals surface area contributed by atoms with Crippen molar-refractivity contribution in [2.45, 2.75) is 6.54 Å². The highest BCUT2D eigenvalue weighted by Gasteiger charge is 2.20. The van der Waals surface area contributed by atoms with Gasteiger partial charge in [-0.3, -0.25) is 4.79 Å². The van der Waals surface area contributed by atoms with E-state index in [0.717, 1.165) is 29.0 Å². The van der Waals surface area contributed by atoms with E-state index in [4.69, 9.17) is 10.5 Å². The van der Waals surface area contributed by atoms with Crippen molar-refractivity contribution in [3.63, 3.8) is 0 Å². The number of nitrogens with two attached hydrogens (primary N) is 1. The fraction of sp³-hybridized carbons (Fsp3) is 0.0526. The fourth-order valence-corrected chi connectivity index (χ4v) is 3.37. The Balaban J connectivity index is 1.79. The first-order valence-electron chi connectivity index (χ1n) is 7.82. The first-order valence-corrected chi connectivity index (χ1v) is 8.64. The van der Waals surface area contributed by atoms with Crippen LogP contribution in [0.4, 0.5) is 13.6 Å². The summed E-state index contributed by atoms with van der Waals surface area (Å²) >= 11 is 0.865. The minimum absolute atomic E-state index is 0.0615. The van der Waals surface area contributed by atoms with Crippen LogP contribution in [0.2, 0.25) is 0 Å². The molecule has 138 valence electrons. The average Bonchev–Trinajstić information content (AvgIpc) is 3.04. The molecule has 0 unspecified atom stereocenters. The van der Waals surface area contributed by atoms with Crippen molar-refractivity contribution in [2.75, 3.05) is 0 Å². The third kappa shape index (κ3) is 4.48. The average molecular weight is 388 g/mol. The molecule has 1 aromatic heterocycles. The largest absolute Gasteiger partial charge is 0.413 e. The summed E-state index contributed by atoms with van der Waals surface area (Å²) in [5, 5.41) is 2.49. The summed E-state index contributed by atoms with van der Waals surface area (Å²) in [5.74, 6) is -2.35. The standard InChI is InChI=1S/C19H14F2N2O3S/c20-12-6-7-13(15(21)8-12)16-9-14(17(22)24)18(27-16)26-19(25)23-10-11-4-2-1-3-5-11/h1-9H,10H2,(H2,22,24)(H,23,25). The van der Waals surface area contributed by atoms with Crippen molar-refractivity contribution in [1.29, 1.82) is 0 Å². The summed E-state index contributed by atoms with van der Waals surface area (Å²) in [6, 6.07) is 13.5. The maximum Gasteiger partial charge on any atom is 0.413 e. The Labute approximate surface area is 157 Å². The van der Waals surface area contributed by atoms with Crippen LogP contribution < -0.4 is 15.8 Å². The van der Waals surface area contributed by atoms with Gasteiger partial charge in [-0.25, -0.2) is 13.6 Å². The van der Waals surface area contributed by atoms with Crippen LogP contribution in [0, 0.1) is 11.6 Å². The third-order valence-electron chi connectivity index (χ3n) is 3.63. The van der Waals surface area contributed by atoms with Crippen LogP contribution in [0.1, 0.15) is 15.9 Å². The van der Waals surface area contributed by atoms with Gasteiger partial charge in [-0.05, 0) is 23.8 Å². The molecule has 27 heavy (non-hydrogen) atoms. The summed E-state index contributed by atoms with van der Waals surface area (Å²) in [6.07, 6.45) is -0.783. The normalized spacial score (nSPS) is 10.4. The monoisotopic (exact) mass is 388 g/mol. The van der Waals surface area contributed by atoms with Crippen molar-refractivity contribution in [2.24, 2.45) is 5.73 Å². The van der Waals surface area contributed by atoms with Crippen LogP contribution in [-0.2, 0) is 6.54 Å². The molecule has 8 heteroatoms. The van der Waals surface area contributed by atoms with Gasteiger partial charge in [0.05, 0.1) is 5.56 Å². The Bertz CT molecular complexity index is 990. The van der Waals surface area contributed by atoms with Gasteiger partial charge in [0.15, 0.2) is 5.06 Å². The van der Waals surface area contributed by atoms with E-state index in [1.165, 1.54) is 12.1 Å². The van der Waals surface area contributed by atoms with E-state index in [2.05, 4.69) is 5.32 Å². The molecule has 3 aromatic rings. The lowest BCUT2D eigenvalue weighted by Crippen LogP contribution is -2.26. The van der Waals surface area contributed by atoms with Crippen molar-refractivity contribution in [1.82, 2.24) is 5.32 Å². The van der Waals surface area contributed by atoms with Gasteiger partial charge in [-0.15, -0.1) is 0 Å². The zero-order valence-electron chi connectivity index (χ0n) is 13.9. The number of hydrogen-bond donors (Lipinski definition) is 2. The van der Waals surface area contributed by atoms with Crippen LogP contribution in [0.5, 0.6) is 5.06 Å². The van der Waals surface area contributed by atoms with Gasteiger partial charge >= 0.3 is 6.09 Å². The molecule has 3 N–H and O–H groups in total. The van der Waals surface area contributed by atoms with E-state index >= 15 is 0 Å². The molecule has 0 spiro atoms. The van der Waals surface area contributed by atoms with E-state index in [1.54, 1.807) is 0 Å². The van der Waals surface area contributed by atoms with Crippen molar-refractivity contribution in [3.05, 3.63) is 77.4 Å². The lowest BCUT2D eigenvalue weighted by molar-refractivity contribution is 0.0998. The van der Waals surface area contributed by atoms with Gasteiger partial charge in [0, 0.05) is 23.1 Å². The zero-order valence-corrected chi connectivity index (χ0v) is 14.7. The quantitative estimate of drug-likeness (QED) is 0.691. The summed E-state index contributed by atoms with van der Waals surface area (Å²) < 4.78 is 32.2. The Morgan fingerprint density at radius 3 is 2.48 bits per heavy atom. The van der Waals surface area contributed by atoms with Crippen LogP contribution in [0.25, 0.3) is 10.4 Å². The van der Waals surface area contributed by atoms with Gasteiger partial charge in [0.2, 0.25) is 0 Å². The lowest BCUT2D eigenvalue weighted by Gasteiger charge is -2.06. The molecule has 0 saturated carbocycles. The molecule has 1 heterocycles. The molecule has 0 bridgehead atoms. The first kappa shape index (κ1) is 18.5. The van der Waals surface area contributed by atoms with E-state index in [1.807, 2.05) is 30.3 Å². The van der Waals surface area contributed by atoms with Crippen molar-refractivity contribution < 1.29 is 23.1 Å². The minimum Gasteiger partial charge on any atom is -0.398 e. The number of rotatable bonds is 5. The third-order valence-corrected chi connectivity index (χ3v) is 4.67. The summed E-state index contributed by atoms with van der Waals surface area (Å²) in [7, 11) is 0. The maximum atomic E-state index is 14.0. The summed E-state index contributed by atoms with van der Waals surface area (Å²) in [5.41, 5.74) is 6.19. The van der Waals surface area contributed by atoms with Crippen LogP contribution in [0.15, 0.2) is 54.6 Å². The van der Waals surface area contributed by atoms with Gasteiger partial charge in [0.1, 0.15) is 11.6 Å². The highest BCUT2D eigenvalue weighted by molar-refractivity contribution is 7.17. The van der Waals surface area contributed by atoms with Crippen molar-refractivity contribution >= 4 is 23.3 Å². The second kappa shape index (κ2) is 7.96. The molecule has 2 aromatic carbocycles. The maximum absolute atomic E-state index is 14.0. The molecule has 0 aliphatic rings. The molecule has 2 amide bonds. The van der Waals surface area contributed by atoms with E-state index in [-0.39, 0.29) is 27.6 Å². The van der Waals surface area contributed by atoms with Crippen LogP contribution in [0.3, 0.4) is 0 Å². The van der Waals surface area contributed by atoms with Gasteiger partial charge in [0.25, 0.3) is 5.91 Å². The molecular weight excluding hydrogens is 374 g/mol. The predicted molar refractivity (Wildman–Crippen MR) is 97.5 cm³/mol. The predicted octanol–water partition coefficient (Wildman–Crippen LogP) is 4.08. The number of hydrogen-bond acceptors (Lipinski definition) is 4. The number of benzene rings is 2. The second-order valence-corrected chi connectivity index (χ2v) is 6.54. The van der Waals surface area contributed by atoms with Crippen LogP contribution >= 0.6 is 11.3 Å². The van der Waals surface area contributed by atoms with Crippen LogP contribution in [-0.4, -0.2) is 12.0 Å². The molecule has 0 aliphatic carbocycles. The zero-order chi connectivity index (χ0) is 19.4. The Hall–Kier alpha value is -3.26. The number of carbonyl (C=O) groups excluding carboxylic acids is 2. The molecular formula is C19H14F2N2O3S. The second-order valence-electron chi connectivity index (χ2n) is 5.53. The van der Waals surface area contributed by atoms with E-state index < -0.39 is 23.6 Å². The lowest BCUT2D eigenvalue weighted by atomic mass is 10.1. The number of halogens is 2. The van der Waals surface area contributed by atoms with Crippen molar-refractivity contribution in [3.8, 4) is 15.5 Å². The molecule has 0 atom stereocenters.